The average Bonchev–Trinajstić information content (AvgIpc) is 3.36. The highest BCUT2D eigenvalue weighted by Gasteiger charge is 2.27. The Balaban J connectivity index is 0.00000189. The van der Waals surface area contributed by atoms with E-state index in [2.05, 4.69) is 5.32 Å². The molecule has 8 heteroatoms. The Morgan fingerprint density at radius 2 is 1.49 bits per heavy atom. The van der Waals surface area contributed by atoms with E-state index in [-0.39, 0.29) is 23.8 Å². The predicted molar refractivity (Wildman–Crippen MR) is 164 cm³/mol. The van der Waals surface area contributed by atoms with Gasteiger partial charge in [-0.1, -0.05) is 74.5 Å². The molecule has 0 saturated heterocycles. The highest BCUT2D eigenvalue weighted by Crippen LogP contribution is 2.41. The van der Waals surface area contributed by atoms with E-state index in [1.54, 1.807) is 24.3 Å². The zero-order valence-corrected chi connectivity index (χ0v) is 24.3. The van der Waals surface area contributed by atoms with E-state index in [1.165, 1.54) is 29.7 Å². The lowest BCUT2D eigenvalue weighted by molar-refractivity contribution is 0.0964. The number of furan rings is 1. The molecular weight excluding hydrogens is 539 g/mol. The summed E-state index contributed by atoms with van der Waals surface area (Å²) in [7, 11) is -2.17. The Morgan fingerprint density at radius 1 is 0.878 bits per heavy atom. The minimum Gasteiger partial charge on any atom is -0.455 e. The lowest BCUT2D eigenvalue weighted by atomic mass is 9.98. The molecule has 0 bridgehead atoms. The Bertz CT molecular complexity index is 1730. The van der Waals surface area contributed by atoms with Crippen molar-refractivity contribution < 1.29 is 22.0 Å². The number of anilines is 1. The minimum absolute atomic E-state index is 0.210. The Hall–Kier alpha value is -4.43. The molecule has 0 unspecified atom stereocenters. The number of carbonyl (C=O) groups excluding carboxylic acids is 1. The molecule has 5 rings (SSSR count). The maximum absolute atomic E-state index is 13.6. The van der Waals surface area contributed by atoms with E-state index in [1.807, 2.05) is 74.5 Å². The van der Waals surface area contributed by atoms with Crippen molar-refractivity contribution in [2.45, 2.75) is 20.3 Å². The monoisotopic (exact) mass is 572 g/mol. The number of fused-ring (bicyclic) bond motifs is 1. The third kappa shape index (κ3) is 6.49. The van der Waals surface area contributed by atoms with Gasteiger partial charge in [0.2, 0.25) is 10.0 Å². The first-order chi connectivity index (χ1) is 19.8. The van der Waals surface area contributed by atoms with Crippen LogP contribution in [0, 0.1) is 5.82 Å². The smallest absolute Gasteiger partial charge is 0.255 e. The average molecular weight is 573 g/mol. The van der Waals surface area contributed by atoms with Crippen LogP contribution in [0.2, 0.25) is 0 Å². The second-order valence-electron chi connectivity index (χ2n) is 9.19. The van der Waals surface area contributed by atoms with Crippen molar-refractivity contribution in [1.82, 2.24) is 5.32 Å². The van der Waals surface area contributed by atoms with Gasteiger partial charge in [-0.2, -0.15) is 0 Å². The van der Waals surface area contributed by atoms with E-state index in [0.717, 1.165) is 11.1 Å². The summed E-state index contributed by atoms with van der Waals surface area (Å²) in [6, 6.07) is 28.2. The van der Waals surface area contributed by atoms with Crippen molar-refractivity contribution in [2.75, 3.05) is 24.2 Å². The molecule has 1 N–H and O–H groups in total. The molecule has 1 amide bonds. The summed E-state index contributed by atoms with van der Waals surface area (Å²) in [6.45, 7) is 4.21. The van der Waals surface area contributed by atoms with Crippen molar-refractivity contribution in [2.24, 2.45) is 0 Å². The standard InChI is InChI=1S/C31H27FN2O4S.C2H6/c1-33-31(35)29-26-19-25(22-11-7-4-8-12-22)27(20-28(26)38-30(29)23-13-15-24(32)16-14-23)34(39(2,36)37)18-17-21-9-5-3-6-10-21;1-2/h3-16,19-20H,17-18H2,1-2H3,(H,33,35);1-2H3. The molecule has 0 spiro atoms. The maximum atomic E-state index is 13.6. The van der Waals surface area contributed by atoms with Crippen LogP contribution in [0.4, 0.5) is 10.1 Å². The number of halogens is 1. The number of hydrogen-bond donors (Lipinski definition) is 1. The van der Waals surface area contributed by atoms with Crippen LogP contribution in [0.5, 0.6) is 0 Å². The molecule has 0 aliphatic heterocycles. The molecule has 4 aromatic carbocycles. The highest BCUT2D eigenvalue weighted by molar-refractivity contribution is 7.92. The van der Waals surface area contributed by atoms with Gasteiger partial charge in [-0.15, -0.1) is 0 Å². The molecule has 0 aliphatic rings. The van der Waals surface area contributed by atoms with Crippen LogP contribution in [0.25, 0.3) is 33.4 Å². The van der Waals surface area contributed by atoms with Crippen LogP contribution in [0.1, 0.15) is 29.8 Å². The fourth-order valence-corrected chi connectivity index (χ4v) is 5.61. The van der Waals surface area contributed by atoms with E-state index in [0.29, 0.717) is 34.2 Å². The summed E-state index contributed by atoms with van der Waals surface area (Å²) < 4.78 is 47.5. The number of carbonyl (C=O) groups is 1. The van der Waals surface area contributed by atoms with Gasteiger partial charge in [-0.25, -0.2) is 12.8 Å². The van der Waals surface area contributed by atoms with Gasteiger partial charge in [0.1, 0.15) is 17.2 Å². The van der Waals surface area contributed by atoms with Crippen LogP contribution < -0.4 is 9.62 Å². The molecule has 1 heterocycles. The first-order valence-corrected chi connectivity index (χ1v) is 15.3. The van der Waals surface area contributed by atoms with Gasteiger partial charge in [0.15, 0.2) is 0 Å². The molecule has 6 nitrogen and oxygen atoms in total. The summed E-state index contributed by atoms with van der Waals surface area (Å²) in [5.41, 5.74) is 4.03. The maximum Gasteiger partial charge on any atom is 0.255 e. The fraction of sp³-hybridized carbons (Fsp3) is 0.182. The van der Waals surface area contributed by atoms with E-state index in [9.17, 15) is 17.6 Å². The molecule has 1 aromatic heterocycles. The Kier molecular flexibility index (Phi) is 9.24. The second-order valence-corrected chi connectivity index (χ2v) is 11.1. The minimum atomic E-state index is -3.70. The van der Waals surface area contributed by atoms with E-state index < -0.39 is 15.8 Å². The Morgan fingerprint density at radius 3 is 2.07 bits per heavy atom. The molecule has 0 fully saturated rings. The van der Waals surface area contributed by atoms with E-state index >= 15 is 0 Å². The summed E-state index contributed by atoms with van der Waals surface area (Å²) >= 11 is 0. The first kappa shape index (κ1) is 29.6. The van der Waals surface area contributed by atoms with Crippen molar-refractivity contribution in [3.05, 3.63) is 114 Å². The van der Waals surface area contributed by atoms with Gasteiger partial charge in [0.05, 0.1) is 17.5 Å². The van der Waals surface area contributed by atoms with E-state index in [4.69, 9.17) is 4.42 Å². The topological polar surface area (TPSA) is 79.6 Å². The van der Waals surface area contributed by atoms with Crippen LogP contribution >= 0.6 is 0 Å². The molecule has 0 radical (unpaired) electrons. The lowest BCUT2D eigenvalue weighted by Crippen LogP contribution is -2.32. The molecule has 0 saturated carbocycles. The van der Waals surface area contributed by atoms with Crippen LogP contribution in [0.15, 0.2) is 101 Å². The largest absolute Gasteiger partial charge is 0.455 e. The molecule has 0 aliphatic carbocycles. The van der Waals surface area contributed by atoms with Gasteiger partial charge in [0, 0.05) is 36.2 Å². The number of amides is 1. The van der Waals surface area contributed by atoms with Gasteiger partial charge >= 0.3 is 0 Å². The SMILES string of the molecule is CC.CNC(=O)c1c(-c2ccc(F)cc2)oc2cc(N(CCc3ccccc3)S(C)(=O)=O)c(-c3ccccc3)cc12. The van der Waals surface area contributed by atoms with Crippen molar-refractivity contribution in [3.8, 4) is 22.5 Å². The summed E-state index contributed by atoms with van der Waals surface area (Å²) in [4.78, 5) is 13.1. The summed E-state index contributed by atoms with van der Waals surface area (Å²) in [5, 5.41) is 3.18. The molecule has 0 atom stereocenters. The zero-order valence-electron chi connectivity index (χ0n) is 23.5. The predicted octanol–water partition coefficient (Wildman–Crippen LogP) is 7.30. The number of benzene rings is 4. The summed E-state index contributed by atoms with van der Waals surface area (Å²) in [6.07, 6.45) is 1.68. The van der Waals surface area contributed by atoms with Crippen LogP contribution in [0.3, 0.4) is 0 Å². The van der Waals surface area contributed by atoms with Crippen molar-refractivity contribution in [1.29, 1.82) is 0 Å². The third-order valence-electron chi connectivity index (χ3n) is 6.57. The fourth-order valence-electron chi connectivity index (χ4n) is 4.68. The van der Waals surface area contributed by atoms with Crippen LogP contribution in [-0.2, 0) is 16.4 Å². The highest BCUT2D eigenvalue weighted by atomic mass is 32.2. The molecule has 212 valence electrons. The van der Waals surface area contributed by atoms with Crippen LogP contribution in [-0.4, -0.2) is 34.2 Å². The molecule has 41 heavy (non-hydrogen) atoms. The number of hydrogen-bond acceptors (Lipinski definition) is 4. The third-order valence-corrected chi connectivity index (χ3v) is 7.75. The second kappa shape index (κ2) is 12.8. The summed E-state index contributed by atoms with van der Waals surface area (Å²) in [5.74, 6) is -0.508. The van der Waals surface area contributed by atoms with Crippen molar-refractivity contribution in [3.63, 3.8) is 0 Å². The normalized spacial score (nSPS) is 11.0. The van der Waals surface area contributed by atoms with Gasteiger partial charge in [-0.3, -0.25) is 9.10 Å². The molecular formula is C33H33FN2O4S. The number of nitrogens with one attached hydrogen (secondary N) is 1. The van der Waals surface area contributed by atoms with Gasteiger partial charge in [0.25, 0.3) is 5.91 Å². The number of sulfonamides is 1. The quantitative estimate of drug-likeness (QED) is 0.212. The Labute approximate surface area is 240 Å². The lowest BCUT2D eigenvalue weighted by Gasteiger charge is -2.25. The number of rotatable bonds is 8. The van der Waals surface area contributed by atoms with Crippen molar-refractivity contribution >= 4 is 32.6 Å². The van der Waals surface area contributed by atoms with Gasteiger partial charge in [-0.05, 0) is 47.9 Å². The molecule has 5 aromatic rings. The van der Waals surface area contributed by atoms with Gasteiger partial charge < -0.3 is 9.73 Å². The first-order valence-electron chi connectivity index (χ1n) is 13.4. The zero-order chi connectivity index (χ0) is 29.6. The number of nitrogens with zero attached hydrogens (tertiary/aromatic N) is 1.